The van der Waals surface area contributed by atoms with Crippen molar-refractivity contribution in [2.75, 3.05) is 6.54 Å². The number of halogens is 3. The highest BCUT2D eigenvalue weighted by atomic mass is 19.4. The van der Waals surface area contributed by atoms with E-state index in [0.29, 0.717) is 19.5 Å². The molecule has 1 aliphatic heterocycles. The molecule has 0 saturated heterocycles. The van der Waals surface area contributed by atoms with Gasteiger partial charge in [-0.2, -0.15) is 13.2 Å². The van der Waals surface area contributed by atoms with Gasteiger partial charge in [-0.25, -0.2) is 0 Å². The van der Waals surface area contributed by atoms with Crippen LogP contribution >= 0.6 is 0 Å². The molecule has 4 rings (SSSR count). The Morgan fingerprint density at radius 2 is 1.88 bits per heavy atom. The van der Waals surface area contributed by atoms with Gasteiger partial charge in [0.2, 0.25) is 0 Å². The van der Waals surface area contributed by atoms with Gasteiger partial charge in [0.05, 0.1) is 5.56 Å². The SMILES string of the molecule is O=C(c1cccc(C(F)(F)F)c1)N1CCc2[nH]c3ccccc3c2C1. The van der Waals surface area contributed by atoms with Gasteiger partial charge in [0.25, 0.3) is 5.91 Å². The van der Waals surface area contributed by atoms with Gasteiger partial charge < -0.3 is 9.88 Å². The summed E-state index contributed by atoms with van der Waals surface area (Å²) in [5.41, 5.74) is 2.42. The van der Waals surface area contributed by atoms with E-state index in [1.807, 2.05) is 24.3 Å². The quantitative estimate of drug-likeness (QED) is 0.698. The van der Waals surface area contributed by atoms with E-state index in [-0.39, 0.29) is 11.5 Å². The number of nitrogens with one attached hydrogen (secondary N) is 1. The second kappa shape index (κ2) is 5.65. The minimum atomic E-state index is -4.46. The molecule has 1 N–H and O–H groups in total. The lowest BCUT2D eigenvalue weighted by molar-refractivity contribution is -0.137. The molecule has 1 aliphatic rings. The fourth-order valence-corrected chi connectivity index (χ4v) is 3.35. The molecule has 6 heteroatoms. The van der Waals surface area contributed by atoms with Crippen LogP contribution in [0.25, 0.3) is 10.9 Å². The maximum absolute atomic E-state index is 12.9. The number of hydrogen-bond acceptors (Lipinski definition) is 1. The summed E-state index contributed by atoms with van der Waals surface area (Å²) in [7, 11) is 0. The van der Waals surface area contributed by atoms with Crippen LogP contribution in [0, 0.1) is 0 Å². The fourth-order valence-electron chi connectivity index (χ4n) is 3.35. The molecule has 128 valence electrons. The van der Waals surface area contributed by atoms with E-state index < -0.39 is 11.7 Å². The Hall–Kier alpha value is -2.76. The molecule has 3 aromatic rings. The van der Waals surface area contributed by atoms with Crippen molar-refractivity contribution >= 4 is 16.8 Å². The number of benzene rings is 2. The first-order chi connectivity index (χ1) is 11.9. The molecular formula is C19H15F3N2O. The number of nitrogens with zero attached hydrogens (tertiary/aromatic N) is 1. The number of carbonyl (C=O) groups excluding carboxylic acids is 1. The molecule has 2 heterocycles. The number of amides is 1. The minimum Gasteiger partial charge on any atom is -0.358 e. The molecule has 0 atom stereocenters. The lowest BCUT2D eigenvalue weighted by atomic mass is 10.0. The van der Waals surface area contributed by atoms with Crippen LogP contribution in [0.2, 0.25) is 0 Å². The second-order valence-electron chi connectivity index (χ2n) is 6.18. The van der Waals surface area contributed by atoms with Crippen LogP contribution in [0.5, 0.6) is 0 Å². The van der Waals surface area contributed by atoms with Gasteiger partial charge in [-0.3, -0.25) is 4.79 Å². The van der Waals surface area contributed by atoms with E-state index >= 15 is 0 Å². The van der Waals surface area contributed by atoms with Crippen molar-refractivity contribution in [2.24, 2.45) is 0 Å². The summed E-state index contributed by atoms with van der Waals surface area (Å²) in [6.07, 6.45) is -3.79. The highest BCUT2D eigenvalue weighted by Crippen LogP contribution is 2.31. The fraction of sp³-hybridized carbons (Fsp3) is 0.211. The van der Waals surface area contributed by atoms with Gasteiger partial charge in [0.1, 0.15) is 0 Å². The lowest BCUT2D eigenvalue weighted by Gasteiger charge is -2.27. The molecule has 1 amide bonds. The molecule has 0 fully saturated rings. The number of H-pyrrole nitrogens is 1. The smallest absolute Gasteiger partial charge is 0.358 e. The Labute approximate surface area is 142 Å². The molecule has 0 saturated carbocycles. The first-order valence-electron chi connectivity index (χ1n) is 7.98. The van der Waals surface area contributed by atoms with Gasteiger partial charge in [-0.05, 0) is 24.3 Å². The van der Waals surface area contributed by atoms with Crippen LogP contribution < -0.4 is 0 Å². The number of alkyl halides is 3. The third kappa shape index (κ3) is 2.77. The Morgan fingerprint density at radius 3 is 2.68 bits per heavy atom. The number of aromatic amines is 1. The van der Waals surface area contributed by atoms with E-state index in [9.17, 15) is 18.0 Å². The molecule has 25 heavy (non-hydrogen) atoms. The summed E-state index contributed by atoms with van der Waals surface area (Å²) < 4.78 is 38.6. The van der Waals surface area contributed by atoms with E-state index in [2.05, 4.69) is 4.98 Å². The number of fused-ring (bicyclic) bond motifs is 3. The zero-order valence-corrected chi connectivity index (χ0v) is 13.2. The minimum absolute atomic E-state index is 0.0677. The van der Waals surface area contributed by atoms with Crippen molar-refractivity contribution in [3.8, 4) is 0 Å². The lowest BCUT2D eigenvalue weighted by Crippen LogP contribution is -2.35. The maximum Gasteiger partial charge on any atom is 0.416 e. The number of carbonyl (C=O) groups is 1. The largest absolute Gasteiger partial charge is 0.416 e. The second-order valence-corrected chi connectivity index (χ2v) is 6.18. The average Bonchev–Trinajstić information content (AvgIpc) is 2.98. The van der Waals surface area contributed by atoms with Gasteiger partial charge in [-0.1, -0.05) is 24.3 Å². The zero-order valence-electron chi connectivity index (χ0n) is 13.2. The first kappa shape index (κ1) is 15.7. The van der Waals surface area contributed by atoms with Gasteiger partial charge >= 0.3 is 6.18 Å². The van der Waals surface area contributed by atoms with Crippen molar-refractivity contribution in [1.29, 1.82) is 0 Å². The average molecular weight is 344 g/mol. The van der Waals surface area contributed by atoms with E-state index in [1.165, 1.54) is 12.1 Å². The molecule has 2 aromatic carbocycles. The molecule has 3 nitrogen and oxygen atoms in total. The Kier molecular flexibility index (Phi) is 3.56. The standard InChI is InChI=1S/C19H15F3N2O/c20-19(21,22)13-5-3-4-12(10-13)18(25)24-9-8-17-15(11-24)14-6-1-2-7-16(14)23-17/h1-7,10,23H,8-9,11H2. The van der Waals surface area contributed by atoms with Crippen LogP contribution in [-0.4, -0.2) is 22.3 Å². The third-order valence-electron chi connectivity index (χ3n) is 4.61. The van der Waals surface area contributed by atoms with Crippen molar-refractivity contribution in [2.45, 2.75) is 19.1 Å². The predicted molar refractivity (Wildman–Crippen MR) is 88.2 cm³/mol. The Morgan fingerprint density at radius 1 is 1.08 bits per heavy atom. The molecule has 0 bridgehead atoms. The van der Waals surface area contributed by atoms with Crippen LogP contribution in [0.15, 0.2) is 48.5 Å². The van der Waals surface area contributed by atoms with Crippen molar-refractivity contribution in [3.05, 3.63) is 70.9 Å². The number of rotatable bonds is 1. The maximum atomic E-state index is 12.9. The monoisotopic (exact) mass is 344 g/mol. The van der Waals surface area contributed by atoms with E-state index in [1.54, 1.807) is 4.90 Å². The number of aromatic nitrogens is 1. The predicted octanol–water partition coefficient (Wildman–Crippen LogP) is 4.39. The molecule has 0 unspecified atom stereocenters. The zero-order chi connectivity index (χ0) is 17.6. The summed E-state index contributed by atoms with van der Waals surface area (Å²) >= 11 is 0. The van der Waals surface area contributed by atoms with Crippen molar-refractivity contribution in [3.63, 3.8) is 0 Å². The molecular weight excluding hydrogens is 329 g/mol. The van der Waals surface area contributed by atoms with Gasteiger partial charge in [-0.15, -0.1) is 0 Å². The highest BCUT2D eigenvalue weighted by molar-refractivity contribution is 5.95. The Bertz CT molecular complexity index is 959. The number of para-hydroxylation sites is 1. The number of hydrogen-bond donors (Lipinski definition) is 1. The van der Waals surface area contributed by atoms with Crippen LogP contribution in [0.3, 0.4) is 0 Å². The molecule has 0 aliphatic carbocycles. The first-order valence-corrected chi connectivity index (χ1v) is 7.98. The van der Waals surface area contributed by atoms with E-state index in [0.717, 1.165) is 34.3 Å². The molecule has 0 spiro atoms. The summed E-state index contributed by atoms with van der Waals surface area (Å²) in [4.78, 5) is 17.7. The van der Waals surface area contributed by atoms with Crippen molar-refractivity contribution in [1.82, 2.24) is 9.88 Å². The molecule has 1 aromatic heterocycles. The van der Waals surface area contributed by atoms with E-state index in [4.69, 9.17) is 0 Å². The normalized spacial score (nSPS) is 14.6. The third-order valence-corrected chi connectivity index (χ3v) is 4.61. The summed E-state index contributed by atoms with van der Waals surface area (Å²) in [6, 6.07) is 12.5. The topological polar surface area (TPSA) is 36.1 Å². The summed E-state index contributed by atoms with van der Waals surface area (Å²) in [6.45, 7) is 0.878. The summed E-state index contributed by atoms with van der Waals surface area (Å²) in [5.74, 6) is -0.373. The van der Waals surface area contributed by atoms with Gasteiger partial charge in [0, 0.05) is 47.2 Å². The highest BCUT2D eigenvalue weighted by Gasteiger charge is 2.32. The van der Waals surface area contributed by atoms with Crippen molar-refractivity contribution < 1.29 is 18.0 Å². The summed E-state index contributed by atoms with van der Waals surface area (Å²) in [5, 5.41) is 1.05. The van der Waals surface area contributed by atoms with Crippen LogP contribution in [0.1, 0.15) is 27.2 Å². The van der Waals surface area contributed by atoms with Crippen LogP contribution in [-0.2, 0) is 19.1 Å². The van der Waals surface area contributed by atoms with Gasteiger partial charge in [0.15, 0.2) is 0 Å². The molecule has 0 radical (unpaired) electrons. The Balaban J connectivity index is 1.64. The van der Waals surface area contributed by atoms with Crippen LogP contribution in [0.4, 0.5) is 13.2 Å².